The van der Waals surface area contributed by atoms with E-state index in [0.29, 0.717) is 16.4 Å². The first-order valence-corrected chi connectivity index (χ1v) is 10.4. The monoisotopic (exact) mass is 443 g/mol. The Balaban J connectivity index is 1.64. The van der Waals surface area contributed by atoms with Crippen molar-refractivity contribution in [1.29, 1.82) is 0 Å². The summed E-state index contributed by atoms with van der Waals surface area (Å²) in [6.07, 6.45) is -4.03. The smallest absolute Gasteiger partial charge is 0.406 e. The number of carbonyl (C=O) groups excluding carboxylic acids is 1. The lowest BCUT2D eigenvalue weighted by atomic mass is 9.99. The van der Waals surface area contributed by atoms with Gasteiger partial charge in [-0.3, -0.25) is 4.79 Å². The molecule has 1 aliphatic rings. The SMILES string of the molecule is O=C(c1ccc(OC(F)(F)F)cc1)N1CCc2ccsc2C1c1ccc(Cl)s1. The number of nitrogens with zero attached hydrogens (tertiary/aromatic N) is 1. The average Bonchev–Trinajstić information content (AvgIpc) is 3.28. The molecular weight excluding hydrogens is 431 g/mol. The van der Waals surface area contributed by atoms with Crippen molar-refractivity contribution in [3.05, 3.63) is 73.1 Å². The second-order valence-corrected chi connectivity index (χ2v) is 8.87. The number of rotatable bonds is 3. The summed E-state index contributed by atoms with van der Waals surface area (Å²) in [7, 11) is 0. The van der Waals surface area contributed by atoms with Gasteiger partial charge >= 0.3 is 6.36 Å². The number of carbonyl (C=O) groups is 1. The fourth-order valence-corrected chi connectivity index (χ4v) is 5.59. The molecule has 1 atom stereocenters. The molecule has 9 heteroatoms. The van der Waals surface area contributed by atoms with Crippen molar-refractivity contribution in [1.82, 2.24) is 4.90 Å². The molecule has 0 aliphatic carbocycles. The van der Waals surface area contributed by atoms with Crippen LogP contribution in [0.2, 0.25) is 4.34 Å². The number of ether oxygens (including phenoxy) is 1. The van der Waals surface area contributed by atoms with Gasteiger partial charge in [0.1, 0.15) is 11.8 Å². The van der Waals surface area contributed by atoms with Crippen LogP contribution in [0.5, 0.6) is 5.75 Å². The highest BCUT2D eigenvalue weighted by molar-refractivity contribution is 7.16. The first-order chi connectivity index (χ1) is 13.3. The average molecular weight is 444 g/mol. The number of fused-ring (bicyclic) bond motifs is 1. The van der Waals surface area contributed by atoms with Crippen LogP contribution in [0, 0.1) is 0 Å². The summed E-state index contributed by atoms with van der Waals surface area (Å²) >= 11 is 9.11. The molecule has 4 rings (SSSR count). The van der Waals surface area contributed by atoms with E-state index in [4.69, 9.17) is 11.6 Å². The van der Waals surface area contributed by atoms with Gasteiger partial charge in [0.05, 0.1) is 4.34 Å². The largest absolute Gasteiger partial charge is 0.573 e. The second kappa shape index (κ2) is 7.42. The number of hydrogen-bond acceptors (Lipinski definition) is 4. The van der Waals surface area contributed by atoms with Gasteiger partial charge in [-0.25, -0.2) is 0 Å². The number of thiophene rings is 2. The number of hydrogen-bond donors (Lipinski definition) is 0. The van der Waals surface area contributed by atoms with Crippen LogP contribution in [0.1, 0.15) is 31.7 Å². The molecule has 0 saturated heterocycles. The van der Waals surface area contributed by atoms with E-state index in [1.165, 1.54) is 29.0 Å². The molecule has 0 bridgehead atoms. The summed E-state index contributed by atoms with van der Waals surface area (Å²) in [6.45, 7) is 0.517. The van der Waals surface area contributed by atoms with E-state index in [0.717, 1.165) is 28.3 Å². The van der Waals surface area contributed by atoms with Crippen LogP contribution in [0.4, 0.5) is 13.2 Å². The molecule has 0 fully saturated rings. The van der Waals surface area contributed by atoms with Crippen LogP contribution in [-0.2, 0) is 6.42 Å². The molecule has 1 amide bonds. The van der Waals surface area contributed by atoms with E-state index >= 15 is 0 Å². The lowest BCUT2D eigenvalue weighted by molar-refractivity contribution is -0.274. The third kappa shape index (κ3) is 3.90. The number of benzene rings is 1. The van der Waals surface area contributed by atoms with Gasteiger partial charge in [0.25, 0.3) is 5.91 Å². The summed E-state index contributed by atoms with van der Waals surface area (Å²) in [5.41, 5.74) is 1.51. The maximum Gasteiger partial charge on any atom is 0.573 e. The van der Waals surface area contributed by atoms with E-state index < -0.39 is 6.36 Å². The van der Waals surface area contributed by atoms with E-state index in [2.05, 4.69) is 10.8 Å². The van der Waals surface area contributed by atoms with Crippen molar-refractivity contribution in [3.8, 4) is 5.75 Å². The predicted molar refractivity (Wildman–Crippen MR) is 103 cm³/mol. The molecule has 3 aromatic rings. The minimum atomic E-state index is -4.77. The number of amides is 1. The minimum Gasteiger partial charge on any atom is -0.406 e. The zero-order valence-corrected chi connectivity index (χ0v) is 16.6. The lowest BCUT2D eigenvalue weighted by Crippen LogP contribution is -2.39. The Bertz CT molecular complexity index is 997. The Morgan fingerprint density at radius 3 is 2.54 bits per heavy atom. The third-order valence-electron chi connectivity index (χ3n) is 4.42. The third-order valence-corrected chi connectivity index (χ3v) is 6.72. The summed E-state index contributed by atoms with van der Waals surface area (Å²) < 4.78 is 41.5. The quantitative estimate of drug-likeness (QED) is 0.486. The summed E-state index contributed by atoms with van der Waals surface area (Å²) in [5.74, 6) is -0.600. The normalized spacial score (nSPS) is 16.7. The number of alkyl halides is 3. The van der Waals surface area contributed by atoms with E-state index in [-0.39, 0.29) is 17.7 Å². The zero-order valence-electron chi connectivity index (χ0n) is 14.2. The summed E-state index contributed by atoms with van der Waals surface area (Å²) in [6, 6.07) is 10.5. The fourth-order valence-electron chi connectivity index (χ4n) is 3.25. The van der Waals surface area contributed by atoms with Crippen LogP contribution in [0.25, 0.3) is 0 Å². The standard InChI is InChI=1S/C19H13ClF3NO2S2/c20-15-6-5-14(28-15)16-17-11(8-10-27-17)7-9-24(16)18(25)12-1-3-13(4-2-12)26-19(21,22)23/h1-6,8,10,16H,7,9H2. The van der Waals surface area contributed by atoms with Crippen LogP contribution < -0.4 is 4.74 Å². The Kier molecular flexibility index (Phi) is 5.11. The van der Waals surface area contributed by atoms with Crippen LogP contribution in [0.3, 0.4) is 0 Å². The van der Waals surface area contributed by atoms with Gasteiger partial charge in [0.15, 0.2) is 0 Å². The molecule has 2 aromatic heterocycles. The van der Waals surface area contributed by atoms with Gasteiger partial charge in [-0.15, -0.1) is 35.8 Å². The van der Waals surface area contributed by atoms with Crippen molar-refractivity contribution in [3.63, 3.8) is 0 Å². The molecular formula is C19H13ClF3NO2S2. The van der Waals surface area contributed by atoms with Gasteiger partial charge < -0.3 is 9.64 Å². The molecule has 28 heavy (non-hydrogen) atoms. The maximum absolute atomic E-state index is 13.2. The molecule has 0 spiro atoms. The van der Waals surface area contributed by atoms with Crippen molar-refractivity contribution in [2.75, 3.05) is 6.54 Å². The fraction of sp³-hybridized carbons (Fsp3) is 0.211. The Hall–Kier alpha value is -2.03. The van der Waals surface area contributed by atoms with Crippen molar-refractivity contribution in [2.45, 2.75) is 18.8 Å². The maximum atomic E-state index is 13.2. The van der Waals surface area contributed by atoms with E-state index in [1.54, 1.807) is 22.3 Å². The molecule has 3 nitrogen and oxygen atoms in total. The molecule has 0 N–H and O–H groups in total. The van der Waals surface area contributed by atoms with Gasteiger partial charge in [0.2, 0.25) is 0 Å². The van der Waals surface area contributed by atoms with Gasteiger partial charge in [-0.05, 0) is 59.8 Å². The highest BCUT2D eigenvalue weighted by atomic mass is 35.5. The molecule has 0 radical (unpaired) electrons. The Morgan fingerprint density at radius 2 is 1.89 bits per heavy atom. The predicted octanol–water partition coefficient (Wildman–Crippen LogP) is 6.15. The first kappa shape index (κ1) is 19.3. The van der Waals surface area contributed by atoms with Crippen LogP contribution in [-0.4, -0.2) is 23.7 Å². The number of halogens is 4. The minimum absolute atomic E-state index is 0.243. The molecule has 0 saturated carbocycles. The Labute approximate surface area is 171 Å². The lowest BCUT2D eigenvalue weighted by Gasteiger charge is -2.35. The topological polar surface area (TPSA) is 29.5 Å². The highest BCUT2D eigenvalue weighted by Gasteiger charge is 2.35. The first-order valence-electron chi connectivity index (χ1n) is 8.30. The zero-order chi connectivity index (χ0) is 19.9. The molecule has 3 heterocycles. The molecule has 1 unspecified atom stereocenters. The Morgan fingerprint density at radius 1 is 1.14 bits per heavy atom. The van der Waals surface area contributed by atoms with E-state index in [9.17, 15) is 18.0 Å². The van der Waals surface area contributed by atoms with E-state index in [1.807, 2.05) is 11.4 Å². The van der Waals surface area contributed by atoms with Crippen molar-refractivity contribution < 1.29 is 22.7 Å². The molecule has 1 aromatic carbocycles. The van der Waals surface area contributed by atoms with Gasteiger partial charge in [-0.2, -0.15) is 0 Å². The van der Waals surface area contributed by atoms with Gasteiger partial charge in [-0.1, -0.05) is 11.6 Å². The summed E-state index contributed by atoms with van der Waals surface area (Å²) in [5, 5.41) is 2.00. The van der Waals surface area contributed by atoms with Crippen molar-refractivity contribution in [2.24, 2.45) is 0 Å². The molecule has 1 aliphatic heterocycles. The highest BCUT2D eigenvalue weighted by Crippen LogP contribution is 2.42. The second-order valence-electron chi connectivity index (χ2n) is 6.18. The van der Waals surface area contributed by atoms with Crippen LogP contribution >= 0.6 is 34.3 Å². The van der Waals surface area contributed by atoms with Crippen LogP contribution in [0.15, 0.2) is 47.8 Å². The summed E-state index contributed by atoms with van der Waals surface area (Å²) in [4.78, 5) is 17.0. The van der Waals surface area contributed by atoms with Gasteiger partial charge in [0, 0.05) is 21.9 Å². The molecule has 146 valence electrons. The van der Waals surface area contributed by atoms with Crippen molar-refractivity contribution >= 4 is 40.2 Å².